The van der Waals surface area contributed by atoms with Crippen LogP contribution in [0.3, 0.4) is 0 Å². The third-order valence-corrected chi connectivity index (χ3v) is 3.84. The summed E-state index contributed by atoms with van der Waals surface area (Å²) in [7, 11) is -2.22. The van der Waals surface area contributed by atoms with Gasteiger partial charge in [0.2, 0.25) is 5.91 Å². The van der Waals surface area contributed by atoms with Crippen LogP contribution in [0.1, 0.15) is 18.4 Å². The Balaban J connectivity index is 0.000000315. The third kappa shape index (κ3) is 4.13. The molecular formula is C14H20N2O4S. The van der Waals surface area contributed by atoms with Gasteiger partial charge in [0, 0.05) is 6.54 Å². The van der Waals surface area contributed by atoms with Crippen molar-refractivity contribution < 1.29 is 18.4 Å². The summed E-state index contributed by atoms with van der Waals surface area (Å²) in [6.07, 6.45) is 2.70. The van der Waals surface area contributed by atoms with Crippen LogP contribution in [-0.2, 0) is 21.0 Å². The molecule has 0 aliphatic carbocycles. The first-order valence-corrected chi connectivity index (χ1v) is 7.86. The van der Waals surface area contributed by atoms with E-state index in [4.69, 9.17) is 5.73 Å². The summed E-state index contributed by atoms with van der Waals surface area (Å²) in [6.45, 7) is 3.70. The highest BCUT2D eigenvalue weighted by Gasteiger charge is 2.47. The van der Waals surface area contributed by atoms with Gasteiger partial charge in [-0.25, -0.2) is 8.42 Å². The van der Waals surface area contributed by atoms with E-state index in [-0.39, 0.29) is 5.75 Å². The van der Waals surface area contributed by atoms with Crippen LogP contribution >= 0.6 is 0 Å². The maximum Gasteiger partial charge on any atom is 0.244 e. The molecule has 1 heterocycles. The van der Waals surface area contributed by atoms with Gasteiger partial charge in [0.15, 0.2) is 0 Å². The van der Waals surface area contributed by atoms with Crippen LogP contribution in [0.15, 0.2) is 43.0 Å². The Morgan fingerprint density at radius 2 is 2.05 bits per heavy atom. The minimum Gasteiger partial charge on any atom is -0.368 e. The first kappa shape index (κ1) is 17.4. The number of thiol groups is 1. The Morgan fingerprint density at radius 1 is 1.43 bits per heavy atom. The van der Waals surface area contributed by atoms with Crippen LogP contribution in [-0.4, -0.2) is 36.9 Å². The standard InChI is InChI=1S/C11H14N2O2.C3H6O2S/c12-10(14)11(7-4-8-13(11)15)9-5-2-1-3-6-9;1-2-3-6(4)5/h1-3,5-6,15H,4,7-8H2,(H2,12,14);2,6H,1,3H2/t11-;/m1./s1. The van der Waals surface area contributed by atoms with Crippen LogP contribution < -0.4 is 5.73 Å². The number of nitrogens with zero attached hydrogens (tertiary/aromatic N) is 1. The van der Waals surface area contributed by atoms with Gasteiger partial charge in [-0.15, -0.1) is 6.58 Å². The molecule has 1 atom stereocenters. The summed E-state index contributed by atoms with van der Waals surface area (Å²) in [4.78, 5) is 11.6. The average molecular weight is 312 g/mol. The molecule has 2 rings (SSSR count). The maximum atomic E-state index is 11.6. The Morgan fingerprint density at radius 3 is 2.38 bits per heavy atom. The number of hydroxylamine groups is 2. The normalized spacial score (nSPS) is 21.6. The van der Waals surface area contributed by atoms with E-state index in [1.165, 1.54) is 6.08 Å². The van der Waals surface area contributed by atoms with E-state index in [0.29, 0.717) is 13.0 Å². The SMILES string of the molecule is C=CC[SH](=O)=O.NC(=O)[C@]1(c2ccccc2)CCCN1O. The van der Waals surface area contributed by atoms with E-state index in [9.17, 15) is 18.4 Å². The Bertz CT molecular complexity index is 551. The molecule has 7 heteroatoms. The van der Waals surface area contributed by atoms with Crippen LogP contribution in [0.5, 0.6) is 0 Å². The number of hydrogen-bond acceptors (Lipinski definition) is 5. The molecule has 1 fully saturated rings. The largest absolute Gasteiger partial charge is 0.368 e. The van der Waals surface area contributed by atoms with Crippen molar-refractivity contribution >= 4 is 16.6 Å². The lowest BCUT2D eigenvalue weighted by Gasteiger charge is -2.31. The molecule has 0 radical (unpaired) electrons. The van der Waals surface area contributed by atoms with E-state index in [0.717, 1.165) is 17.0 Å². The smallest absolute Gasteiger partial charge is 0.244 e. The van der Waals surface area contributed by atoms with Crippen molar-refractivity contribution in [3.63, 3.8) is 0 Å². The van der Waals surface area contributed by atoms with E-state index in [2.05, 4.69) is 6.58 Å². The van der Waals surface area contributed by atoms with Gasteiger partial charge in [0.1, 0.15) is 16.2 Å². The molecule has 0 spiro atoms. The number of carbonyl (C=O) groups is 1. The van der Waals surface area contributed by atoms with Crippen molar-refractivity contribution in [2.45, 2.75) is 18.4 Å². The number of nitrogens with two attached hydrogens (primary N) is 1. The maximum absolute atomic E-state index is 11.6. The topological polar surface area (TPSA) is 101 Å². The molecule has 1 aliphatic heterocycles. The molecule has 1 aromatic carbocycles. The summed E-state index contributed by atoms with van der Waals surface area (Å²) in [5.74, 6) is -0.399. The van der Waals surface area contributed by atoms with Gasteiger partial charge in [0.25, 0.3) is 0 Å². The van der Waals surface area contributed by atoms with Crippen LogP contribution in [0, 0.1) is 0 Å². The van der Waals surface area contributed by atoms with Gasteiger partial charge in [-0.3, -0.25) is 4.79 Å². The van der Waals surface area contributed by atoms with Crippen molar-refractivity contribution in [3.8, 4) is 0 Å². The van der Waals surface area contributed by atoms with Gasteiger partial charge in [-0.05, 0) is 18.4 Å². The number of carbonyl (C=O) groups excluding carboxylic acids is 1. The highest BCUT2D eigenvalue weighted by atomic mass is 32.2. The second kappa shape index (κ2) is 7.92. The van der Waals surface area contributed by atoms with Gasteiger partial charge in [0.05, 0.1) is 5.75 Å². The number of rotatable bonds is 4. The minimum absolute atomic E-state index is 0.0926. The lowest BCUT2D eigenvalue weighted by atomic mass is 9.87. The Kier molecular flexibility index (Phi) is 6.54. The highest BCUT2D eigenvalue weighted by Crippen LogP contribution is 2.37. The Hall–Kier alpha value is -1.70. The first-order chi connectivity index (χ1) is 9.95. The van der Waals surface area contributed by atoms with Crippen molar-refractivity contribution in [1.82, 2.24) is 5.06 Å². The zero-order chi connectivity index (χ0) is 15.9. The zero-order valence-electron chi connectivity index (χ0n) is 11.6. The molecule has 116 valence electrons. The van der Waals surface area contributed by atoms with Crippen molar-refractivity contribution in [1.29, 1.82) is 0 Å². The second-order valence-corrected chi connectivity index (χ2v) is 5.65. The minimum atomic E-state index is -2.22. The molecule has 0 unspecified atom stereocenters. The number of benzene rings is 1. The number of primary amides is 1. The summed E-state index contributed by atoms with van der Waals surface area (Å²) in [6, 6.07) is 9.19. The fourth-order valence-electron chi connectivity index (χ4n) is 2.31. The van der Waals surface area contributed by atoms with Gasteiger partial charge >= 0.3 is 0 Å². The molecule has 0 aromatic heterocycles. The molecule has 3 N–H and O–H groups in total. The zero-order valence-corrected chi connectivity index (χ0v) is 12.5. The van der Waals surface area contributed by atoms with E-state index in [1.807, 2.05) is 30.3 Å². The summed E-state index contributed by atoms with van der Waals surface area (Å²) in [5.41, 5.74) is 5.15. The van der Waals surface area contributed by atoms with Gasteiger partial charge in [-0.2, -0.15) is 5.06 Å². The quantitative estimate of drug-likeness (QED) is 0.559. The summed E-state index contributed by atoms with van der Waals surface area (Å²) in [5, 5.41) is 10.9. The first-order valence-electron chi connectivity index (χ1n) is 6.49. The Labute approximate surface area is 125 Å². The molecule has 1 amide bonds. The predicted molar refractivity (Wildman–Crippen MR) is 80.4 cm³/mol. The molecular weight excluding hydrogens is 292 g/mol. The fourth-order valence-corrected chi connectivity index (χ4v) is 2.52. The van der Waals surface area contributed by atoms with Crippen molar-refractivity contribution in [2.75, 3.05) is 12.3 Å². The third-order valence-electron chi connectivity index (χ3n) is 3.29. The highest BCUT2D eigenvalue weighted by molar-refractivity contribution is 7.72. The van der Waals surface area contributed by atoms with Crippen molar-refractivity contribution in [3.05, 3.63) is 48.6 Å². The lowest BCUT2D eigenvalue weighted by Crippen LogP contribution is -2.49. The molecule has 6 nitrogen and oxygen atoms in total. The molecule has 1 aromatic rings. The van der Waals surface area contributed by atoms with Gasteiger partial charge < -0.3 is 10.9 Å². The summed E-state index contributed by atoms with van der Waals surface area (Å²) >= 11 is 0. The predicted octanol–water partition coefficient (Wildman–Crippen LogP) is 0.636. The van der Waals surface area contributed by atoms with E-state index in [1.54, 1.807) is 0 Å². The number of hydrogen-bond donors (Lipinski definition) is 3. The van der Waals surface area contributed by atoms with Crippen LogP contribution in [0.2, 0.25) is 0 Å². The molecule has 0 saturated carbocycles. The number of amides is 1. The summed E-state index contributed by atoms with van der Waals surface area (Å²) < 4.78 is 19.1. The monoisotopic (exact) mass is 312 g/mol. The van der Waals surface area contributed by atoms with Crippen LogP contribution in [0.25, 0.3) is 0 Å². The molecule has 1 aliphatic rings. The lowest BCUT2D eigenvalue weighted by molar-refractivity contribution is -0.170. The van der Waals surface area contributed by atoms with Crippen LogP contribution in [0.4, 0.5) is 0 Å². The average Bonchev–Trinajstić information content (AvgIpc) is 2.83. The molecule has 1 saturated heterocycles. The van der Waals surface area contributed by atoms with E-state index < -0.39 is 22.2 Å². The molecule has 21 heavy (non-hydrogen) atoms. The van der Waals surface area contributed by atoms with Crippen molar-refractivity contribution in [2.24, 2.45) is 5.73 Å². The van der Waals surface area contributed by atoms with E-state index >= 15 is 0 Å². The fraction of sp³-hybridized carbons (Fsp3) is 0.357. The van der Waals surface area contributed by atoms with Gasteiger partial charge in [-0.1, -0.05) is 36.4 Å². The second-order valence-electron chi connectivity index (χ2n) is 4.62. The molecule has 0 bridgehead atoms.